The minimum absolute atomic E-state index is 0.0435. The number of hydrogen-bond donors (Lipinski definition) is 1. The van der Waals surface area contributed by atoms with Crippen molar-refractivity contribution in [3.05, 3.63) is 80.2 Å². The van der Waals surface area contributed by atoms with Gasteiger partial charge in [-0.2, -0.15) is 5.01 Å². The molecule has 0 atom stereocenters. The molecule has 1 fully saturated rings. The van der Waals surface area contributed by atoms with Crippen LogP contribution >= 0.6 is 11.8 Å². The van der Waals surface area contributed by atoms with Gasteiger partial charge in [0.2, 0.25) is 0 Å². The third-order valence-electron chi connectivity index (χ3n) is 3.98. The van der Waals surface area contributed by atoms with Crippen molar-refractivity contribution in [3.63, 3.8) is 0 Å². The van der Waals surface area contributed by atoms with Gasteiger partial charge in [-0.15, -0.1) is 0 Å². The second kappa shape index (κ2) is 8.57. The van der Waals surface area contributed by atoms with Crippen LogP contribution in [0.5, 0.6) is 0 Å². The number of nitro groups is 1. The van der Waals surface area contributed by atoms with Crippen LogP contribution in [-0.2, 0) is 9.53 Å². The molecule has 152 valence electrons. The Balaban J connectivity index is 1.72. The summed E-state index contributed by atoms with van der Waals surface area (Å²) in [4.78, 5) is 58.5. The van der Waals surface area contributed by atoms with Crippen LogP contribution in [0.15, 0.2) is 53.4 Å². The summed E-state index contributed by atoms with van der Waals surface area (Å²) in [6.07, 6.45) is 1.45. The van der Waals surface area contributed by atoms with Gasteiger partial charge in [0.25, 0.3) is 17.5 Å². The monoisotopic (exact) mass is 427 g/mol. The molecule has 0 aliphatic carbocycles. The molecular formula is C19H13N3O7S. The number of esters is 1. The summed E-state index contributed by atoms with van der Waals surface area (Å²) in [7, 11) is 1.26. The Morgan fingerprint density at radius 3 is 2.23 bits per heavy atom. The van der Waals surface area contributed by atoms with Crippen LogP contribution in [-0.4, -0.2) is 40.1 Å². The standard InChI is InChI=1S/C19H13N3O7S/c1-29-18(25)13-4-2-11(3-5-13)10-15-17(24)21(19(26)30-15)20-16(23)12-6-8-14(9-7-12)22(27)28/h2-10H,1H3,(H,20,23). The van der Waals surface area contributed by atoms with Gasteiger partial charge in [0.05, 0.1) is 22.5 Å². The van der Waals surface area contributed by atoms with Crippen LogP contribution in [0, 0.1) is 10.1 Å². The van der Waals surface area contributed by atoms with Crippen molar-refractivity contribution in [2.75, 3.05) is 7.11 Å². The van der Waals surface area contributed by atoms with Gasteiger partial charge in [-0.1, -0.05) is 12.1 Å². The fourth-order valence-electron chi connectivity index (χ4n) is 2.45. The predicted molar refractivity (Wildman–Crippen MR) is 106 cm³/mol. The first-order valence-corrected chi connectivity index (χ1v) is 9.13. The third kappa shape index (κ3) is 4.36. The Kier molecular flexibility index (Phi) is 5.93. The molecule has 1 aliphatic rings. The lowest BCUT2D eigenvalue weighted by Gasteiger charge is -2.13. The van der Waals surface area contributed by atoms with Crippen LogP contribution in [0.3, 0.4) is 0 Å². The molecule has 1 N–H and O–H groups in total. The van der Waals surface area contributed by atoms with Crippen molar-refractivity contribution < 1.29 is 28.8 Å². The summed E-state index contributed by atoms with van der Waals surface area (Å²) in [6.45, 7) is 0. The van der Waals surface area contributed by atoms with Crippen LogP contribution < -0.4 is 5.43 Å². The van der Waals surface area contributed by atoms with Gasteiger partial charge in [0.15, 0.2) is 0 Å². The maximum atomic E-state index is 12.5. The van der Waals surface area contributed by atoms with Gasteiger partial charge in [-0.05, 0) is 47.7 Å². The van der Waals surface area contributed by atoms with Crippen molar-refractivity contribution in [1.82, 2.24) is 10.4 Å². The molecule has 1 aliphatic heterocycles. The van der Waals surface area contributed by atoms with Crippen molar-refractivity contribution in [2.45, 2.75) is 0 Å². The Hall–Kier alpha value is -3.99. The van der Waals surface area contributed by atoms with E-state index in [0.29, 0.717) is 27.9 Å². The molecular weight excluding hydrogens is 414 g/mol. The van der Waals surface area contributed by atoms with E-state index in [9.17, 15) is 29.3 Å². The number of nitrogens with zero attached hydrogens (tertiary/aromatic N) is 2. The number of rotatable bonds is 5. The van der Waals surface area contributed by atoms with E-state index in [4.69, 9.17) is 0 Å². The number of nitro benzene ring substituents is 1. The zero-order valence-corrected chi connectivity index (χ0v) is 16.2. The molecule has 0 radical (unpaired) electrons. The van der Waals surface area contributed by atoms with Gasteiger partial charge in [0, 0.05) is 17.7 Å². The highest BCUT2D eigenvalue weighted by Gasteiger charge is 2.36. The molecule has 0 saturated carbocycles. The summed E-state index contributed by atoms with van der Waals surface area (Å²) in [5.41, 5.74) is 2.94. The number of ether oxygens (including phenoxy) is 1. The molecule has 2 aromatic carbocycles. The number of imide groups is 1. The molecule has 1 saturated heterocycles. The van der Waals surface area contributed by atoms with Crippen molar-refractivity contribution in [3.8, 4) is 0 Å². The fraction of sp³-hybridized carbons (Fsp3) is 0.0526. The number of methoxy groups -OCH3 is 1. The summed E-state index contributed by atoms with van der Waals surface area (Å²) in [5, 5.41) is 10.5. The van der Waals surface area contributed by atoms with E-state index < -0.39 is 27.9 Å². The predicted octanol–water partition coefficient (Wildman–Crippen LogP) is 2.76. The molecule has 3 rings (SSSR count). The number of hydrazine groups is 1. The van der Waals surface area contributed by atoms with Crippen molar-refractivity contribution in [1.29, 1.82) is 0 Å². The summed E-state index contributed by atoms with van der Waals surface area (Å²) < 4.78 is 4.61. The molecule has 10 nitrogen and oxygen atoms in total. The molecule has 0 aromatic heterocycles. The van der Waals surface area contributed by atoms with Crippen LogP contribution in [0.25, 0.3) is 6.08 Å². The molecule has 1 heterocycles. The van der Waals surface area contributed by atoms with E-state index in [1.807, 2.05) is 0 Å². The first-order chi connectivity index (χ1) is 14.3. The Morgan fingerprint density at radius 1 is 1.07 bits per heavy atom. The number of benzene rings is 2. The van der Waals surface area contributed by atoms with Gasteiger partial charge in [0.1, 0.15) is 0 Å². The number of amides is 3. The van der Waals surface area contributed by atoms with E-state index in [1.165, 1.54) is 37.5 Å². The normalized spacial score (nSPS) is 14.7. The second-order valence-electron chi connectivity index (χ2n) is 5.88. The molecule has 0 spiro atoms. The SMILES string of the molecule is COC(=O)c1ccc(C=C2SC(=O)N(NC(=O)c3ccc([N+](=O)[O-])cc3)C2=O)cc1. The van der Waals surface area contributed by atoms with E-state index in [-0.39, 0.29) is 16.2 Å². The highest BCUT2D eigenvalue weighted by Crippen LogP contribution is 2.31. The van der Waals surface area contributed by atoms with Gasteiger partial charge in [-0.3, -0.25) is 29.9 Å². The molecule has 30 heavy (non-hydrogen) atoms. The quantitative estimate of drug-likeness (QED) is 0.333. The minimum Gasteiger partial charge on any atom is -0.465 e. The lowest BCUT2D eigenvalue weighted by atomic mass is 10.1. The summed E-state index contributed by atoms with van der Waals surface area (Å²) in [5.74, 6) is -2.00. The number of carbonyl (C=O) groups excluding carboxylic acids is 4. The van der Waals surface area contributed by atoms with Crippen LogP contribution in [0.2, 0.25) is 0 Å². The average molecular weight is 427 g/mol. The van der Waals surface area contributed by atoms with Crippen molar-refractivity contribution >= 4 is 46.5 Å². The smallest absolute Gasteiger partial charge is 0.337 e. The average Bonchev–Trinajstić information content (AvgIpc) is 3.01. The molecule has 2 aromatic rings. The van der Waals surface area contributed by atoms with Crippen molar-refractivity contribution in [2.24, 2.45) is 0 Å². The largest absolute Gasteiger partial charge is 0.465 e. The summed E-state index contributed by atoms with van der Waals surface area (Å²) in [6, 6.07) is 10.9. The topological polar surface area (TPSA) is 136 Å². The first-order valence-electron chi connectivity index (χ1n) is 8.32. The minimum atomic E-state index is -0.768. The highest BCUT2D eigenvalue weighted by molar-refractivity contribution is 8.18. The highest BCUT2D eigenvalue weighted by atomic mass is 32.2. The number of thioether (sulfide) groups is 1. The Labute approximate surface area is 173 Å². The maximum Gasteiger partial charge on any atom is 0.337 e. The number of hydrogen-bond acceptors (Lipinski definition) is 8. The fourth-order valence-corrected chi connectivity index (χ4v) is 3.23. The maximum absolute atomic E-state index is 12.5. The summed E-state index contributed by atoms with van der Waals surface area (Å²) >= 11 is 0.638. The number of nitrogens with one attached hydrogen (secondary N) is 1. The van der Waals surface area contributed by atoms with E-state index in [2.05, 4.69) is 10.2 Å². The third-order valence-corrected chi connectivity index (χ3v) is 4.85. The first kappa shape index (κ1) is 20.7. The number of carbonyl (C=O) groups is 4. The lowest BCUT2D eigenvalue weighted by molar-refractivity contribution is -0.384. The molecule has 0 bridgehead atoms. The Bertz CT molecular complexity index is 1080. The lowest BCUT2D eigenvalue weighted by Crippen LogP contribution is -2.44. The zero-order valence-electron chi connectivity index (χ0n) is 15.4. The van der Waals surface area contributed by atoms with E-state index in [0.717, 1.165) is 12.1 Å². The molecule has 3 amide bonds. The Morgan fingerprint density at radius 2 is 1.67 bits per heavy atom. The number of non-ortho nitro benzene ring substituents is 1. The van der Waals surface area contributed by atoms with Crippen LogP contribution in [0.4, 0.5) is 10.5 Å². The van der Waals surface area contributed by atoms with Gasteiger partial charge < -0.3 is 4.74 Å². The van der Waals surface area contributed by atoms with E-state index >= 15 is 0 Å². The van der Waals surface area contributed by atoms with Crippen LogP contribution in [0.1, 0.15) is 26.3 Å². The molecule has 11 heteroatoms. The van der Waals surface area contributed by atoms with Gasteiger partial charge in [-0.25, -0.2) is 4.79 Å². The van der Waals surface area contributed by atoms with Gasteiger partial charge >= 0.3 is 11.2 Å². The molecule has 0 unspecified atom stereocenters. The zero-order chi connectivity index (χ0) is 21.8. The van der Waals surface area contributed by atoms with E-state index in [1.54, 1.807) is 12.1 Å². The second-order valence-corrected chi connectivity index (χ2v) is 6.87.